The number of nitrogens with one attached hydrogen (secondary N) is 2. The van der Waals surface area contributed by atoms with Crippen LogP contribution in [0.2, 0.25) is 0 Å². The zero-order valence-electron chi connectivity index (χ0n) is 24.5. The zero-order chi connectivity index (χ0) is 31.6. The number of hydrogen-bond donors (Lipinski definition) is 2. The minimum Gasteiger partial charge on any atom is -0.479 e. The summed E-state index contributed by atoms with van der Waals surface area (Å²) in [5, 5.41) is 0.752. The molecule has 0 atom stereocenters. The van der Waals surface area contributed by atoms with Crippen LogP contribution in [-0.4, -0.2) is 73.3 Å². The highest BCUT2D eigenvalue weighted by molar-refractivity contribution is 7.94. The van der Waals surface area contributed by atoms with Crippen LogP contribution in [-0.2, 0) is 14.9 Å². The first-order valence-electron chi connectivity index (χ1n) is 13.6. The summed E-state index contributed by atoms with van der Waals surface area (Å²) < 4.78 is 68.1. The van der Waals surface area contributed by atoms with Crippen LogP contribution >= 0.6 is 0 Å². The molecule has 5 rings (SSSR count). The third kappa shape index (κ3) is 7.05. The van der Waals surface area contributed by atoms with Gasteiger partial charge >= 0.3 is 16.3 Å². The SMILES string of the molecule is COc1ncc(-c2ccc3ncnc(N4CCN(C(=O)OC(C)(C)C)CC4)c3c2)cc1NS(=O)(=O)Nc1ccc(F)cc1F. The molecule has 3 heterocycles. The van der Waals surface area contributed by atoms with Crippen LogP contribution in [0.1, 0.15) is 20.8 Å². The number of aromatic nitrogens is 3. The van der Waals surface area contributed by atoms with Gasteiger partial charge in [-0.3, -0.25) is 9.44 Å². The summed E-state index contributed by atoms with van der Waals surface area (Å²) in [6.45, 7) is 7.47. The highest BCUT2D eigenvalue weighted by atomic mass is 32.2. The van der Waals surface area contributed by atoms with Crippen molar-refractivity contribution >= 4 is 44.4 Å². The summed E-state index contributed by atoms with van der Waals surface area (Å²) in [5.41, 5.74) is 0.900. The highest BCUT2D eigenvalue weighted by Gasteiger charge is 2.27. The molecule has 0 bridgehead atoms. The van der Waals surface area contributed by atoms with Crippen molar-refractivity contribution in [2.24, 2.45) is 0 Å². The second kappa shape index (κ2) is 12.1. The maximum absolute atomic E-state index is 14.1. The summed E-state index contributed by atoms with van der Waals surface area (Å²) in [5.74, 6) is -1.25. The molecule has 0 spiro atoms. The Hall–Kier alpha value is -4.79. The second-order valence-electron chi connectivity index (χ2n) is 11.0. The summed E-state index contributed by atoms with van der Waals surface area (Å²) in [6.07, 6.45) is 2.65. The minimum atomic E-state index is -4.38. The van der Waals surface area contributed by atoms with Gasteiger partial charge in [-0.25, -0.2) is 28.5 Å². The Morgan fingerprint density at radius 1 is 0.909 bits per heavy atom. The van der Waals surface area contributed by atoms with E-state index in [1.165, 1.54) is 25.7 Å². The maximum Gasteiger partial charge on any atom is 0.410 e. The number of pyridine rings is 1. The number of anilines is 3. The maximum atomic E-state index is 14.1. The molecule has 44 heavy (non-hydrogen) atoms. The first-order valence-corrected chi connectivity index (χ1v) is 15.1. The number of rotatable bonds is 7. The normalized spacial score (nSPS) is 14.0. The molecule has 1 fully saturated rings. The van der Waals surface area contributed by atoms with E-state index in [0.29, 0.717) is 54.7 Å². The number of benzene rings is 2. The van der Waals surface area contributed by atoms with Gasteiger partial charge in [0.15, 0.2) is 0 Å². The number of methoxy groups -OCH3 is 1. The molecular weight excluding hydrogens is 596 g/mol. The Morgan fingerprint density at radius 2 is 1.64 bits per heavy atom. The lowest BCUT2D eigenvalue weighted by molar-refractivity contribution is 0.0240. The second-order valence-corrected chi connectivity index (χ2v) is 12.4. The third-order valence-corrected chi connectivity index (χ3v) is 7.62. The number of ether oxygens (including phenoxy) is 2. The van der Waals surface area contributed by atoms with Gasteiger partial charge in [-0.05, 0) is 56.7 Å². The number of piperazine rings is 1. The van der Waals surface area contributed by atoms with Crippen LogP contribution in [0.15, 0.2) is 55.0 Å². The Morgan fingerprint density at radius 3 is 2.32 bits per heavy atom. The predicted molar refractivity (Wildman–Crippen MR) is 162 cm³/mol. The largest absolute Gasteiger partial charge is 0.479 e. The Balaban J connectivity index is 1.40. The average Bonchev–Trinajstić information content (AvgIpc) is 2.97. The molecule has 4 aromatic rings. The number of carbonyl (C=O) groups excluding carboxylic acids is 1. The molecule has 1 aliphatic rings. The lowest BCUT2D eigenvalue weighted by atomic mass is 10.0. The molecule has 12 nitrogen and oxygen atoms in total. The smallest absolute Gasteiger partial charge is 0.410 e. The van der Waals surface area contributed by atoms with Gasteiger partial charge in [-0.2, -0.15) is 8.42 Å². The molecule has 1 aliphatic heterocycles. The Labute approximate surface area is 253 Å². The fraction of sp³-hybridized carbons (Fsp3) is 0.310. The van der Waals surface area contributed by atoms with Gasteiger partial charge in [0.1, 0.15) is 35.1 Å². The predicted octanol–water partition coefficient (Wildman–Crippen LogP) is 4.80. The molecule has 15 heteroatoms. The van der Waals surface area contributed by atoms with E-state index in [1.807, 2.05) is 43.7 Å². The van der Waals surface area contributed by atoms with E-state index in [-0.39, 0.29) is 17.7 Å². The van der Waals surface area contributed by atoms with Gasteiger partial charge < -0.3 is 19.3 Å². The van der Waals surface area contributed by atoms with Crippen molar-refractivity contribution < 1.29 is 31.5 Å². The standard InChI is InChI=1S/C29H31F2N7O5S/c1-29(2,3)43-28(39)38-11-9-37(10-12-38)26-21-13-18(5-7-23(21)33-17-34-26)19-14-25(27(42-4)32-16-19)36-44(40,41)35-24-8-6-20(30)15-22(24)31/h5-8,13-17,35-36H,9-12H2,1-4H3. The number of nitrogens with zero attached hydrogens (tertiary/aromatic N) is 5. The van der Waals surface area contributed by atoms with Crippen LogP contribution < -0.4 is 19.1 Å². The van der Waals surface area contributed by atoms with Crippen LogP contribution in [0, 0.1) is 11.6 Å². The topological polar surface area (TPSA) is 139 Å². The molecule has 2 aromatic carbocycles. The summed E-state index contributed by atoms with van der Waals surface area (Å²) in [7, 11) is -3.05. The van der Waals surface area contributed by atoms with Gasteiger partial charge in [-0.1, -0.05) is 6.07 Å². The molecule has 0 radical (unpaired) electrons. The van der Waals surface area contributed by atoms with Crippen molar-refractivity contribution in [3.8, 4) is 17.0 Å². The lowest BCUT2D eigenvalue weighted by Gasteiger charge is -2.36. The first kappa shape index (κ1) is 30.7. The Kier molecular flexibility index (Phi) is 8.41. The first-order chi connectivity index (χ1) is 20.8. The Bertz CT molecular complexity index is 1810. The van der Waals surface area contributed by atoms with Crippen LogP contribution in [0.3, 0.4) is 0 Å². The molecule has 1 amide bonds. The van der Waals surface area contributed by atoms with Gasteiger partial charge in [0.05, 0.1) is 18.3 Å². The lowest BCUT2D eigenvalue weighted by Crippen LogP contribution is -2.50. The van der Waals surface area contributed by atoms with E-state index in [2.05, 4.69) is 24.6 Å². The van der Waals surface area contributed by atoms with Gasteiger partial charge in [0, 0.05) is 49.4 Å². The van der Waals surface area contributed by atoms with Crippen LogP contribution in [0.4, 0.5) is 30.8 Å². The molecule has 0 unspecified atom stereocenters. The van der Waals surface area contributed by atoms with Crippen molar-refractivity contribution in [2.75, 3.05) is 47.6 Å². The van der Waals surface area contributed by atoms with Gasteiger partial charge in [0.25, 0.3) is 0 Å². The molecular formula is C29H31F2N7O5S. The quantitative estimate of drug-likeness (QED) is 0.296. The summed E-state index contributed by atoms with van der Waals surface area (Å²) in [6, 6.07) is 9.51. The van der Waals surface area contributed by atoms with Crippen molar-refractivity contribution in [1.29, 1.82) is 0 Å². The molecule has 232 valence electrons. The van der Waals surface area contributed by atoms with E-state index < -0.39 is 33.1 Å². The molecule has 0 aliphatic carbocycles. The summed E-state index contributed by atoms with van der Waals surface area (Å²) in [4.78, 5) is 29.4. The number of carbonyl (C=O) groups is 1. The zero-order valence-corrected chi connectivity index (χ0v) is 25.3. The average molecular weight is 628 g/mol. The fourth-order valence-corrected chi connectivity index (χ4v) is 5.58. The van der Waals surface area contributed by atoms with E-state index in [9.17, 15) is 22.0 Å². The van der Waals surface area contributed by atoms with Crippen molar-refractivity contribution in [1.82, 2.24) is 19.9 Å². The monoisotopic (exact) mass is 627 g/mol. The van der Waals surface area contributed by atoms with E-state index in [1.54, 1.807) is 4.90 Å². The van der Waals surface area contributed by atoms with Crippen molar-refractivity contribution in [3.63, 3.8) is 0 Å². The van der Waals surface area contributed by atoms with Crippen molar-refractivity contribution in [2.45, 2.75) is 26.4 Å². The molecule has 2 aromatic heterocycles. The number of fused-ring (bicyclic) bond motifs is 1. The number of halogens is 2. The molecule has 0 saturated carbocycles. The highest BCUT2D eigenvalue weighted by Crippen LogP contribution is 2.33. The van der Waals surface area contributed by atoms with Crippen molar-refractivity contribution in [3.05, 3.63) is 66.6 Å². The van der Waals surface area contributed by atoms with Gasteiger partial charge in [0.2, 0.25) is 5.88 Å². The van der Waals surface area contributed by atoms with Gasteiger partial charge in [-0.15, -0.1) is 0 Å². The molecule has 1 saturated heterocycles. The third-order valence-electron chi connectivity index (χ3n) is 6.64. The number of amides is 1. The number of hydrogen-bond acceptors (Lipinski definition) is 9. The van der Waals surface area contributed by atoms with E-state index in [4.69, 9.17) is 9.47 Å². The fourth-order valence-electron chi connectivity index (χ4n) is 4.64. The van der Waals surface area contributed by atoms with E-state index in [0.717, 1.165) is 17.5 Å². The summed E-state index contributed by atoms with van der Waals surface area (Å²) >= 11 is 0. The molecule has 2 N–H and O–H groups in total. The van der Waals surface area contributed by atoms with Crippen LogP contribution in [0.25, 0.3) is 22.0 Å². The van der Waals surface area contributed by atoms with Crippen LogP contribution in [0.5, 0.6) is 5.88 Å². The minimum absolute atomic E-state index is 0.0112. The van der Waals surface area contributed by atoms with E-state index >= 15 is 0 Å².